The lowest BCUT2D eigenvalue weighted by molar-refractivity contribution is 0.0977. The van der Waals surface area contributed by atoms with Crippen LogP contribution in [0, 0.1) is 0 Å². The summed E-state index contributed by atoms with van der Waals surface area (Å²) < 4.78 is 6.48. The molecule has 2 N–H and O–H groups in total. The molecule has 0 unspecified atom stereocenters. The number of carbonyl (C=O) groups is 1. The Balaban J connectivity index is 1.87. The molecule has 2 aromatic rings. The normalized spacial score (nSPS) is 10.3. The number of benzene rings is 1. The van der Waals surface area contributed by atoms with Crippen molar-refractivity contribution in [2.75, 3.05) is 11.9 Å². The highest BCUT2D eigenvalue weighted by Gasteiger charge is 2.11. The predicted octanol–water partition coefficient (Wildman–Crippen LogP) is 5.58. The standard InChI is InChI=1S/C19H21BrClN3O2S/c1-2-3-4-5-10-26-16-8-6-13(11-15(16)20)18(25)24-19(27)23-14-7-9-17(21)22-12-14/h6-9,11-12H,2-5,10H2,1H3,(H2,23,24,25,27). The molecule has 0 aliphatic carbocycles. The summed E-state index contributed by atoms with van der Waals surface area (Å²) in [5.74, 6) is 0.403. The summed E-state index contributed by atoms with van der Waals surface area (Å²) in [5, 5.41) is 6.07. The average molecular weight is 471 g/mol. The number of nitrogens with zero attached hydrogens (tertiary/aromatic N) is 1. The molecule has 0 aliphatic heterocycles. The molecule has 5 nitrogen and oxygen atoms in total. The monoisotopic (exact) mass is 469 g/mol. The van der Waals surface area contributed by atoms with E-state index in [0.717, 1.165) is 23.1 Å². The van der Waals surface area contributed by atoms with Crippen LogP contribution in [0.25, 0.3) is 0 Å². The zero-order valence-corrected chi connectivity index (χ0v) is 18.1. The van der Waals surface area contributed by atoms with Gasteiger partial charge >= 0.3 is 0 Å². The lowest BCUT2D eigenvalue weighted by Gasteiger charge is -2.11. The Bertz CT molecular complexity index is 787. The van der Waals surface area contributed by atoms with Crippen LogP contribution in [-0.4, -0.2) is 22.6 Å². The maximum absolute atomic E-state index is 12.4. The van der Waals surface area contributed by atoms with Crippen LogP contribution in [0.3, 0.4) is 0 Å². The van der Waals surface area contributed by atoms with Crippen molar-refractivity contribution in [1.29, 1.82) is 0 Å². The van der Waals surface area contributed by atoms with Gasteiger partial charge in [-0.15, -0.1) is 0 Å². The number of ether oxygens (including phenoxy) is 1. The number of hydrogen-bond acceptors (Lipinski definition) is 4. The van der Waals surface area contributed by atoms with Gasteiger partial charge in [-0.2, -0.15) is 0 Å². The van der Waals surface area contributed by atoms with E-state index < -0.39 is 0 Å². The minimum Gasteiger partial charge on any atom is -0.492 e. The summed E-state index contributed by atoms with van der Waals surface area (Å²) in [5.41, 5.74) is 1.11. The van der Waals surface area contributed by atoms with E-state index in [1.165, 1.54) is 19.0 Å². The fourth-order valence-corrected chi connectivity index (χ4v) is 3.07. The largest absolute Gasteiger partial charge is 0.492 e. The number of halogens is 2. The van der Waals surface area contributed by atoms with Crippen molar-refractivity contribution < 1.29 is 9.53 Å². The fraction of sp³-hybridized carbons (Fsp3) is 0.316. The Morgan fingerprint density at radius 2 is 2.07 bits per heavy atom. The van der Waals surface area contributed by atoms with Crippen molar-refractivity contribution >= 4 is 56.5 Å². The van der Waals surface area contributed by atoms with Gasteiger partial charge in [0.1, 0.15) is 10.9 Å². The molecule has 8 heteroatoms. The first kappa shape index (κ1) is 21.6. The lowest BCUT2D eigenvalue weighted by atomic mass is 10.2. The molecule has 0 aliphatic rings. The second kappa shape index (κ2) is 11.2. The van der Waals surface area contributed by atoms with Gasteiger partial charge in [0.2, 0.25) is 0 Å². The highest BCUT2D eigenvalue weighted by molar-refractivity contribution is 9.10. The van der Waals surface area contributed by atoms with E-state index in [2.05, 4.69) is 38.5 Å². The van der Waals surface area contributed by atoms with Gasteiger partial charge in [-0.3, -0.25) is 10.1 Å². The average Bonchev–Trinajstić information content (AvgIpc) is 2.64. The number of rotatable bonds is 8. The van der Waals surface area contributed by atoms with Gasteiger partial charge in [-0.1, -0.05) is 37.8 Å². The van der Waals surface area contributed by atoms with Crippen LogP contribution >= 0.6 is 39.7 Å². The van der Waals surface area contributed by atoms with E-state index in [1.807, 2.05) is 0 Å². The lowest BCUT2D eigenvalue weighted by Crippen LogP contribution is -2.34. The van der Waals surface area contributed by atoms with E-state index in [9.17, 15) is 4.79 Å². The molecule has 1 aromatic carbocycles. The van der Waals surface area contributed by atoms with E-state index in [-0.39, 0.29) is 11.0 Å². The first-order valence-corrected chi connectivity index (χ1v) is 10.2. The number of aromatic nitrogens is 1. The molecule has 2 rings (SSSR count). The minimum atomic E-state index is -0.315. The molecule has 1 heterocycles. The predicted molar refractivity (Wildman–Crippen MR) is 117 cm³/mol. The van der Waals surface area contributed by atoms with Crippen LogP contribution in [0.4, 0.5) is 5.69 Å². The maximum atomic E-state index is 12.4. The van der Waals surface area contributed by atoms with Gasteiger partial charge in [0, 0.05) is 5.56 Å². The van der Waals surface area contributed by atoms with Crippen LogP contribution in [0.2, 0.25) is 5.15 Å². The van der Waals surface area contributed by atoms with Gasteiger partial charge in [-0.05, 0) is 64.9 Å². The Morgan fingerprint density at radius 1 is 1.26 bits per heavy atom. The topological polar surface area (TPSA) is 63.2 Å². The number of thiocarbonyl (C=S) groups is 1. The maximum Gasteiger partial charge on any atom is 0.257 e. The molecule has 0 fully saturated rings. The van der Waals surface area contributed by atoms with E-state index in [4.69, 9.17) is 28.6 Å². The van der Waals surface area contributed by atoms with Crippen molar-refractivity contribution in [3.63, 3.8) is 0 Å². The summed E-state index contributed by atoms with van der Waals surface area (Å²) in [6.07, 6.45) is 6.11. The van der Waals surface area contributed by atoms with Crippen molar-refractivity contribution in [3.8, 4) is 5.75 Å². The van der Waals surface area contributed by atoms with Crippen LogP contribution in [0.1, 0.15) is 43.0 Å². The number of pyridine rings is 1. The van der Waals surface area contributed by atoms with E-state index >= 15 is 0 Å². The Morgan fingerprint density at radius 3 is 2.74 bits per heavy atom. The quantitative estimate of drug-likeness (QED) is 0.299. The number of carbonyl (C=O) groups excluding carboxylic acids is 1. The van der Waals surface area contributed by atoms with Crippen molar-refractivity contribution in [2.45, 2.75) is 32.6 Å². The first-order chi connectivity index (χ1) is 13.0. The highest BCUT2D eigenvalue weighted by atomic mass is 79.9. The molecule has 0 radical (unpaired) electrons. The smallest absolute Gasteiger partial charge is 0.257 e. The molecule has 144 valence electrons. The number of hydrogen-bond donors (Lipinski definition) is 2. The molecular formula is C19H21BrClN3O2S. The number of unbranched alkanes of at least 4 members (excludes halogenated alkanes) is 3. The summed E-state index contributed by atoms with van der Waals surface area (Å²) >= 11 is 14.3. The Labute approximate surface area is 178 Å². The zero-order valence-electron chi connectivity index (χ0n) is 14.9. The second-order valence-corrected chi connectivity index (χ2v) is 7.48. The minimum absolute atomic E-state index is 0.177. The third kappa shape index (κ3) is 7.44. The zero-order chi connectivity index (χ0) is 19.6. The second-order valence-electron chi connectivity index (χ2n) is 5.83. The number of anilines is 1. The number of nitrogens with one attached hydrogen (secondary N) is 2. The molecular weight excluding hydrogens is 450 g/mol. The Kier molecular flexibility index (Phi) is 8.97. The molecule has 0 bridgehead atoms. The summed E-state index contributed by atoms with van der Waals surface area (Å²) in [4.78, 5) is 16.3. The fourth-order valence-electron chi connectivity index (χ4n) is 2.26. The third-order valence-electron chi connectivity index (χ3n) is 3.66. The summed E-state index contributed by atoms with van der Waals surface area (Å²) in [7, 11) is 0. The van der Waals surface area contributed by atoms with Crippen LogP contribution in [0.15, 0.2) is 41.0 Å². The molecule has 0 atom stereocenters. The molecule has 0 spiro atoms. The highest BCUT2D eigenvalue weighted by Crippen LogP contribution is 2.26. The van der Waals surface area contributed by atoms with Crippen molar-refractivity contribution in [1.82, 2.24) is 10.3 Å². The van der Waals surface area contributed by atoms with Gasteiger partial charge in [0.25, 0.3) is 5.91 Å². The third-order valence-corrected chi connectivity index (χ3v) is 4.71. The van der Waals surface area contributed by atoms with Gasteiger partial charge in [0.15, 0.2) is 5.11 Å². The van der Waals surface area contributed by atoms with Crippen LogP contribution in [0.5, 0.6) is 5.75 Å². The van der Waals surface area contributed by atoms with Crippen molar-refractivity contribution in [3.05, 3.63) is 51.7 Å². The van der Waals surface area contributed by atoms with Gasteiger partial charge in [-0.25, -0.2) is 4.98 Å². The molecule has 1 amide bonds. The van der Waals surface area contributed by atoms with Gasteiger partial charge < -0.3 is 10.1 Å². The molecule has 0 saturated heterocycles. The van der Waals surface area contributed by atoms with Crippen LogP contribution < -0.4 is 15.4 Å². The van der Waals surface area contributed by atoms with Gasteiger partial charge in [0.05, 0.1) is 23.0 Å². The van der Waals surface area contributed by atoms with E-state index in [1.54, 1.807) is 30.3 Å². The van der Waals surface area contributed by atoms with E-state index in [0.29, 0.717) is 23.0 Å². The molecule has 0 saturated carbocycles. The summed E-state index contributed by atoms with van der Waals surface area (Å²) in [6, 6.07) is 8.54. The van der Waals surface area contributed by atoms with Crippen molar-refractivity contribution in [2.24, 2.45) is 0 Å². The molecule has 27 heavy (non-hydrogen) atoms. The first-order valence-electron chi connectivity index (χ1n) is 8.66. The molecule has 1 aromatic heterocycles. The number of amides is 1. The SMILES string of the molecule is CCCCCCOc1ccc(C(=O)NC(=S)Nc2ccc(Cl)nc2)cc1Br. The Hall–Kier alpha value is -1.70. The summed E-state index contributed by atoms with van der Waals surface area (Å²) in [6.45, 7) is 2.84. The van der Waals surface area contributed by atoms with Crippen LogP contribution in [-0.2, 0) is 0 Å².